The molecule has 2 fully saturated rings. The predicted molar refractivity (Wildman–Crippen MR) is 71.3 cm³/mol. The highest BCUT2D eigenvalue weighted by Gasteiger charge is 2.41. The summed E-state index contributed by atoms with van der Waals surface area (Å²) in [6, 6.07) is 0. The van der Waals surface area contributed by atoms with Crippen LogP contribution < -0.4 is 0 Å². The van der Waals surface area contributed by atoms with E-state index >= 15 is 0 Å². The summed E-state index contributed by atoms with van der Waals surface area (Å²) in [5.41, 5.74) is 0. The third kappa shape index (κ3) is 3.96. The number of rotatable bonds is 3. The minimum Gasteiger partial charge on any atom is -0.303 e. The van der Waals surface area contributed by atoms with Crippen molar-refractivity contribution in [2.75, 3.05) is 19.6 Å². The lowest BCUT2D eigenvalue weighted by Crippen LogP contribution is -2.43. The molecule has 0 aromatic heterocycles. The molecule has 1 saturated heterocycles. The summed E-state index contributed by atoms with van der Waals surface area (Å²) in [6.45, 7) is 3.77. The van der Waals surface area contributed by atoms with Gasteiger partial charge in [-0.15, -0.1) is 0 Å². The maximum absolute atomic E-state index is 12.6. The number of alkyl halides is 3. The molecule has 0 bridgehead atoms. The van der Waals surface area contributed by atoms with Crippen LogP contribution in [0.2, 0.25) is 0 Å². The summed E-state index contributed by atoms with van der Waals surface area (Å²) in [6.07, 6.45) is -0.0259. The van der Waals surface area contributed by atoms with Gasteiger partial charge >= 0.3 is 6.18 Å². The molecule has 2 nitrogen and oxygen atoms in total. The van der Waals surface area contributed by atoms with Crippen molar-refractivity contribution in [1.82, 2.24) is 4.90 Å². The fraction of sp³-hybridized carbons (Fsp3) is 0.933. The molecule has 0 N–H and O–H groups in total. The van der Waals surface area contributed by atoms with Gasteiger partial charge in [0.25, 0.3) is 0 Å². The molecule has 5 heteroatoms. The Morgan fingerprint density at radius 1 is 1.20 bits per heavy atom. The summed E-state index contributed by atoms with van der Waals surface area (Å²) >= 11 is 0. The van der Waals surface area contributed by atoms with Crippen molar-refractivity contribution in [3.05, 3.63) is 0 Å². The number of Topliss-reactive ketones (excluding diaryl/α,β-unsaturated/α-hetero) is 1. The Labute approximate surface area is 118 Å². The highest BCUT2D eigenvalue weighted by atomic mass is 19.4. The van der Waals surface area contributed by atoms with Crippen LogP contribution in [0.3, 0.4) is 0 Å². The van der Waals surface area contributed by atoms with E-state index in [0.29, 0.717) is 37.8 Å². The van der Waals surface area contributed by atoms with Crippen LogP contribution in [0.4, 0.5) is 13.2 Å². The Morgan fingerprint density at radius 2 is 1.85 bits per heavy atom. The van der Waals surface area contributed by atoms with Gasteiger partial charge in [0.05, 0.1) is 5.92 Å². The number of carbonyl (C=O) groups excluding carboxylic acids is 1. The van der Waals surface area contributed by atoms with Gasteiger partial charge in [-0.1, -0.05) is 13.3 Å². The standard InChI is InChI=1S/C15H24F3NO/c1-2-11-3-4-14(20)12(9-11)10-19-7-5-13(6-8-19)15(16,17)18/h11-13H,2-10H2,1H3. The van der Waals surface area contributed by atoms with Crippen molar-refractivity contribution < 1.29 is 18.0 Å². The highest BCUT2D eigenvalue weighted by Crippen LogP contribution is 2.35. The number of hydrogen-bond acceptors (Lipinski definition) is 2. The van der Waals surface area contributed by atoms with Crippen LogP contribution >= 0.6 is 0 Å². The SMILES string of the molecule is CCC1CCC(=O)C(CN2CCC(C(F)(F)F)CC2)C1. The molecule has 1 heterocycles. The first-order chi connectivity index (χ1) is 9.40. The van der Waals surface area contributed by atoms with Crippen LogP contribution in [0.15, 0.2) is 0 Å². The third-order valence-electron chi connectivity index (χ3n) is 4.98. The van der Waals surface area contributed by atoms with Gasteiger partial charge < -0.3 is 4.90 Å². The minimum absolute atomic E-state index is 0.0520. The molecule has 0 radical (unpaired) electrons. The largest absolute Gasteiger partial charge is 0.391 e. The van der Waals surface area contributed by atoms with E-state index < -0.39 is 12.1 Å². The van der Waals surface area contributed by atoms with Gasteiger partial charge in [0.15, 0.2) is 0 Å². The maximum Gasteiger partial charge on any atom is 0.391 e. The number of carbonyl (C=O) groups is 1. The monoisotopic (exact) mass is 291 g/mol. The fourth-order valence-electron chi connectivity index (χ4n) is 3.50. The molecule has 1 aliphatic heterocycles. The van der Waals surface area contributed by atoms with Crippen molar-refractivity contribution in [2.45, 2.75) is 51.6 Å². The van der Waals surface area contributed by atoms with Gasteiger partial charge in [-0.2, -0.15) is 13.2 Å². The van der Waals surface area contributed by atoms with Gasteiger partial charge in [-0.25, -0.2) is 0 Å². The molecule has 2 unspecified atom stereocenters. The van der Waals surface area contributed by atoms with E-state index in [1.54, 1.807) is 0 Å². The van der Waals surface area contributed by atoms with E-state index in [9.17, 15) is 18.0 Å². The lowest BCUT2D eigenvalue weighted by atomic mass is 9.79. The van der Waals surface area contributed by atoms with Crippen LogP contribution in [0, 0.1) is 17.8 Å². The smallest absolute Gasteiger partial charge is 0.303 e. The highest BCUT2D eigenvalue weighted by molar-refractivity contribution is 5.81. The molecule has 0 aromatic rings. The minimum atomic E-state index is -4.06. The predicted octanol–water partition coefficient (Wildman–Crippen LogP) is 3.66. The summed E-state index contributed by atoms with van der Waals surface area (Å²) in [4.78, 5) is 14.0. The van der Waals surface area contributed by atoms with E-state index in [1.165, 1.54) is 0 Å². The van der Waals surface area contributed by atoms with Crippen molar-refractivity contribution in [3.63, 3.8) is 0 Å². The molecular formula is C15H24F3NO. The molecule has 0 aromatic carbocycles. The van der Waals surface area contributed by atoms with Crippen LogP contribution in [0.25, 0.3) is 0 Å². The van der Waals surface area contributed by atoms with Crippen molar-refractivity contribution >= 4 is 5.78 Å². The lowest BCUT2D eigenvalue weighted by molar-refractivity contribution is -0.185. The lowest BCUT2D eigenvalue weighted by Gasteiger charge is -2.36. The van der Waals surface area contributed by atoms with Crippen LogP contribution in [0.1, 0.15) is 45.4 Å². The van der Waals surface area contributed by atoms with Crippen molar-refractivity contribution in [1.29, 1.82) is 0 Å². The number of ketones is 1. The number of likely N-dealkylation sites (tertiary alicyclic amines) is 1. The zero-order valence-electron chi connectivity index (χ0n) is 12.1. The number of piperidine rings is 1. The Bertz CT molecular complexity index is 335. The Hall–Kier alpha value is -0.580. The second kappa shape index (κ2) is 6.46. The average Bonchev–Trinajstić information content (AvgIpc) is 2.41. The van der Waals surface area contributed by atoms with Crippen molar-refractivity contribution in [2.24, 2.45) is 17.8 Å². The second-order valence-electron chi connectivity index (χ2n) is 6.33. The first-order valence-corrected chi connectivity index (χ1v) is 7.72. The second-order valence-corrected chi connectivity index (χ2v) is 6.33. The number of hydrogen-bond donors (Lipinski definition) is 0. The molecule has 1 saturated carbocycles. The van der Waals surface area contributed by atoms with Crippen LogP contribution in [0.5, 0.6) is 0 Å². The van der Waals surface area contributed by atoms with Gasteiger partial charge in [0.2, 0.25) is 0 Å². The maximum atomic E-state index is 12.6. The van der Waals surface area contributed by atoms with E-state index in [0.717, 1.165) is 19.3 Å². The molecule has 2 rings (SSSR count). The quantitative estimate of drug-likeness (QED) is 0.791. The van der Waals surface area contributed by atoms with E-state index in [-0.39, 0.29) is 18.8 Å². The fourth-order valence-corrected chi connectivity index (χ4v) is 3.50. The topological polar surface area (TPSA) is 20.3 Å². The summed E-state index contributed by atoms with van der Waals surface area (Å²) < 4.78 is 37.8. The Morgan fingerprint density at radius 3 is 2.40 bits per heavy atom. The average molecular weight is 291 g/mol. The summed E-state index contributed by atoms with van der Waals surface area (Å²) in [5, 5.41) is 0. The molecule has 116 valence electrons. The number of nitrogens with zero attached hydrogens (tertiary/aromatic N) is 1. The Kier molecular flexibility index (Phi) is 5.10. The van der Waals surface area contributed by atoms with Crippen LogP contribution in [-0.4, -0.2) is 36.5 Å². The molecular weight excluding hydrogens is 267 g/mol. The first-order valence-electron chi connectivity index (χ1n) is 7.72. The normalized spacial score (nSPS) is 30.7. The van der Waals surface area contributed by atoms with Gasteiger partial charge in [-0.05, 0) is 44.7 Å². The molecule has 2 aliphatic rings. The van der Waals surface area contributed by atoms with Gasteiger partial charge in [0, 0.05) is 18.9 Å². The van der Waals surface area contributed by atoms with E-state index in [1.807, 2.05) is 0 Å². The van der Waals surface area contributed by atoms with E-state index in [4.69, 9.17) is 0 Å². The molecule has 2 atom stereocenters. The van der Waals surface area contributed by atoms with Gasteiger partial charge in [-0.3, -0.25) is 4.79 Å². The zero-order valence-corrected chi connectivity index (χ0v) is 12.1. The van der Waals surface area contributed by atoms with E-state index in [2.05, 4.69) is 11.8 Å². The van der Waals surface area contributed by atoms with Crippen LogP contribution in [-0.2, 0) is 4.79 Å². The Balaban J connectivity index is 1.81. The molecule has 0 amide bonds. The third-order valence-corrected chi connectivity index (χ3v) is 4.98. The number of halogens is 3. The zero-order chi connectivity index (χ0) is 14.8. The summed E-state index contributed by atoms with van der Waals surface area (Å²) in [7, 11) is 0. The van der Waals surface area contributed by atoms with Crippen molar-refractivity contribution in [3.8, 4) is 0 Å². The molecule has 1 aliphatic carbocycles. The first kappa shape index (κ1) is 15.8. The van der Waals surface area contributed by atoms with Gasteiger partial charge in [0.1, 0.15) is 5.78 Å². The molecule has 0 spiro atoms. The molecule has 20 heavy (non-hydrogen) atoms. The summed E-state index contributed by atoms with van der Waals surface area (Å²) in [5.74, 6) is -0.168.